The quantitative estimate of drug-likeness (QED) is 0.933. The summed E-state index contributed by atoms with van der Waals surface area (Å²) in [6.45, 7) is 1.12. The van der Waals surface area contributed by atoms with E-state index in [4.69, 9.17) is 11.6 Å². The predicted molar refractivity (Wildman–Crippen MR) is 89.5 cm³/mol. The molecule has 1 fully saturated rings. The summed E-state index contributed by atoms with van der Waals surface area (Å²) in [5.41, 5.74) is 2.29. The van der Waals surface area contributed by atoms with E-state index in [2.05, 4.69) is 4.98 Å². The van der Waals surface area contributed by atoms with Crippen molar-refractivity contribution in [3.63, 3.8) is 0 Å². The summed E-state index contributed by atoms with van der Waals surface area (Å²) < 4.78 is 27.2. The first-order valence-electron chi connectivity index (χ1n) is 7.33. The minimum Gasteiger partial charge on any atom is -0.361 e. The van der Waals surface area contributed by atoms with Gasteiger partial charge in [0.25, 0.3) is 10.2 Å². The van der Waals surface area contributed by atoms with E-state index >= 15 is 0 Å². The molecule has 1 aliphatic rings. The lowest BCUT2D eigenvalue weighted by atomic mass is 9.90. The lowest BCUT2D eigenvalue weighted by Gasteiger charge is -2.32. The molecule has 0 spiro atoms. The van der Waals surface area contributed by atoms with Crippen LogP contribution in [0.15, 0.2) is 24.4 Å². The van der Waals surface area contributed by atoms with E-state index in [-0.39, 0.29) is 0 Å². The van der Waals surface area contributed by atoms with E-state index < -0.39 is 10.2 Å². The minimum absolute atomic E-state index is 0.378. The van der Waals surface area contributed by atoms with Gasteiger partial charge in [-0.25, -0.2) is 0 Å². The van der Waals surface area contributed by atoms with Gasteiger partial charge in [0, 0.05) is 49.3 Å². The number of aromatic nitrogens is 1. The number of hydrogen-bond donors (Lipinski definition) is 1. The third kappa shape index (κ3) is 2.76. The molecular formula is C15H20ClN3O2S. The molecule has 0 bridgehead atoms. The van der Waals surface area contributed by atoms with Crippen LogP contribution < -0.4 is 0 Å². The molecule has 0 saturated carbocycles. The van der Waals surface area contributed by atoms with E-state index in [1.54, 1.807) is 18.4 Å². The minimum atomic E-state index is -3.30. The van der Waals surface area contributed by atoms with Gasteiger partial charge in [-0.05, 0) is 36.5 Å². The molecule has 22 heavy (non-hydrogen) atoms. The highest BCUT2D eigenvalue weighted by atomic mass is 35.5. The predicted octanol–water partition coefficient (Wildman–Crippen LogP) is 2.81. The number of H-pyrrole nitrogens is 1. The molecule has 0 aliphatic carbocycles. The van der Waals surface area contributed by atoms with Gasteiger partial charge >= 0.3 is 0 Å². The maximum atomic E-state index is 12.2. The SMILES string of the molecule is CN(C)S(=O)(=O)N1CCC(c2c[nH]c3cc(Cl)ccc23)CC1. The van der Waals surface area contributed by atoms with Gasteiger partial charge in [-0.2, -0.15) is 17.0 Å². The molecule has 5 nitrogen and oxygen atoms in total. The molecule has 2 aromatic rings. The summed E-state index contributed by atoms with van der Waals surface area (Å²) in [4.78, 5) is 3.26. The Morgan fingerprint density at radius 3 is 2.59 bits per heavy atom. The highest BCUT2D eigenvalue weighted by Crippen LogP contribution is 2.34. The highest BCUT2D eigenvalue weighted by Gasteiger charge is 2.30. The second-order valence-corrected chi connectivity index (χ2v) is 8.48. The van der Waals surface area contributed by atoms with Crippen LogP contribution in [0.1, 0.15) is 24.3 Å². The van der Waals surface area contributed by atoms with Crippen LogP contribution >= 0.6 is 11.6 Å². The Morgan fingerprint density at radius 2 is 1.95 bits per heavy atom. The van der Waals surface area contributed by atoms with Crippen molar-refractivity contribution in [2.75, 3.05) is 27.2 Å². The largest absolute Gasteiger partial charge is 0.361 e. The summed E-state index contributed by atoms with van der Waals surface area (Å²) >= 11 is 6.01. The fourth-order valence-corrected chi connectivity index (χ4v) is 4.39. The zero-order chi connectivity index (χ0) is 15.9. The lowest BCUT2D eigenvalue weighted by Crippen LogP contribution is -2.44. The lowest BCUT2D eigenvalue weighted by molar-refractivity contribution is 0.303. The Hall–Kier alpha value is -1.08. The molecule has 1 aliphatic heterocycles. The molecule has 1 N–H and O–H groups in total. The van der Waals surface area contributed by atoms with E-state index in [0.29, 0.717) is 24.0 Å². The summed E-state index contributed by atoms with van der Waals surface area (Å²) in [6, 6.07) is 5.85. The van der Waals surface area contributed by atoms with Gasteiger partial charge in [0.05, 0.1) is 0 Å². The third-order valence-corrected chi connectivity index (χ3v) is 6.53. The van der Waals surface area contributed by atoms with Gasteiger partial charge in [-0.15, -0.1) is 0 Å². The van der Waals surface area contributed by atoms with Crippen molar-refractivity contribution in [2.45, 2.75) is 18.8 Å². The molecule has 1 aromatic carbocycles. The Kier molecular flexibility index (Phi) is 4.20. The molecule has 1 saturated heterocycles. The second kappa shape index (κ2) is 5.85. The topological polar surface area (TPSA) is 56.4 Å². The summed E-state index contributed by atoms with van der Waals surface area (Å²) in [5.74, 6) is 0.378. The number of piperidine rings is 1. The molecule has 3 rings (SSSR count). The summed E-state index contributed by atoms with van der Waals surface area (Å²) in [6.07, 6.45) is 3.70. The molecule has 0 radical (unpaired) electrons. The number of nitrogens with one attached hydrogen (secondary N) is 1. The van der Waals surface area contributed by atoms with Crippen LogP contribution in [-0.2, 0) is 10.2 Å². The van der Waals surface area contributed by atoms with Gasteiger partial charge in [0.1, 0.15) is 0 Å². The van der Waals surface area contributed by atoms with Gasteiger partial charge < -0.3 is 4.98 Å². The van der Waals surface area contributed by atoms with Crippen molar-refractivity contribution < 1.29 is 8.42 Å². The van der Waals surface area contributed by atoms with Crippen LogP contribution in [0, 0.1) is 0 Å². The average Bonchev–Trinajstić information content (AvgIpc) is 2.90. The van der Waals surface area contributed by atoms with E-state index in [9.17, 15) is 8.42 Å². The number of aromatic amines is 1. The molecular weight excluding hydrogens is 322 g/mol. The zero-order valence-electron chi connectivity index (χ0n) is 12.7. The third-order valence-electron chi connectivity index (χ3n) is 4.36. The summed E-state index contributed by atoms with van der Waals surface area (Å²) in [5, 5.41) is 1.89. The normalized spacial score (nSPS) is 18.4. The van der Waals surface area contributed by atoms with Crippen molar-refractivity contribution >= 4 is 32.7 Å². The van der Waals surface area contributed by atoms with Gasteiger partial charge in [0.2, 0.25) is 0 Å². The van der Waals surface area contributed by atoms with Crippen molar-refractivity contribution in [3.8, 4) is 0 Å². The van der Waals surface area contributed by atoms with E-state index in [1.165, 1.54) is 15.3 Å². The standard InChI is InChI=1S/C15H20ClN3O2S/c1-18(2)22(20,21)19-7-5-11(6-8-19)14-10-17-15-9-12(16)3-4-13(14)15/h3-4,9-11,17H,5-8H2,1-2H3. The molecule has 0 unspecified atom stereocenters. The monoisotopic (exact) mass is 341 g/mol. The average molecular weight is 342 g/mol. The highest BCUT2D eigenvalue weighted by molar-refractivity contribution is 7.86. The molecule has 120 valence electrons. The second-order valence-electron chi connectivity index (χ2n) is 5.90. The van der Waals surface area contributed by atoms with Crippen molar-refractivity contribution in [2.24, 2.45) is 0 Å². The number of benzene rings is 1. The first-order valence-corrected chi connectivity index (χ1v) is 9.11. The fraction of sp³-hybridized carbons (Fsp3) is 0.467. The van der Waals surface area contributed by atoms with Crippen LogP contribution in [0.3, 0.4) is 0 Å². The Morgan fingerprint density at radius 1 is 1.27 bits per heavy atom. The Labute approximate surface area is 136 Å². The maximum Gasteiger partial charge on any atom is 0.281 e. The maximum absolute atomic E-state index is 12.2. The first-order chi connectivity index (χ1) is 10.4. The number of hydrogen-bond acceptors (Lipinski definition) is 2. The summed E-state index contributed by atoms with van der Waals surface area (Å²) in [7, 11) is -0.150. The molecule has 0 atom stereocenters. The van der Waals surface area contributed by atoms with Crippen molar-refractivity contribution in [1.82, 2.24) is 13.6 Å². The van der Waals surface area contributed by atoms with Crippen molar-refractivity contribution in [3.05, 3.63) is 35.0 Å². The van der Waals surface area contributed by atoms with E-state index in [1.807, 2.05) is 24.4 Å². The van der Waals surface area contributed by atoms with Crippen LogP contribution in [-0.4, -0.2) is 49.2 Å². The van der Waals surface area contributed by atoms with Gasteiger partial charge in [0.15, 0.2) is 0 Å². The smallest absolute Gasteiger partial charge is 0.281 e. The van der Waals surface area contributed by atoms with Crippen LogP contribution in [0.5, 0.6) is 0 Å². The molecule has 2 heterocycles. The molecule has 7 heteroatoms. The van der Waals surface area contributed by atoms with Crippen molar-refractivity contribution in [1.29, 1.82) is 0 Å². The van der Waals surface area contributed by atoms with Crippen LogP contribution in [0.25, 0.3) is 10.9 Å². The number of fused-ring (bicyclic) bond motifs is 1. The zero-order valence-corrected chi connectivity index (χ0v) is 14.3. The Balaban J connectivity index is 1.79. The van der Waals surface area contributed by atoms with Crippen LogP contribution in [0.4, 0.5) is 0 Å². The van der Waals surface area contributed by atoms with Crippen LogP contribution in [0.2, 0.25) is 5.02 Å². The molecule has 1 aromatic heterocycles. The first kappa shape index (κ1) is 15.8. The van der Waals surface area contributed by atoms with Gasteiger partial charge in [-0.1, -0.05) is 17.7 Å². The van der Waals surface area contributed by atoms with E-state index in [0.717, 1.165) is 18.4 Å². The number of halogens is 1. The number of rotatable bonds is 3. The Bertz CT molecular complexity index is 777. The molecule has 0 amide bonds. The fourth-order valence-electron chi connectivity index (χ4n) is 3.09. The number of nitrogens with zero attached hydrogens (tertiary/aromatic N) is 2. The van der Waals surface area contributed by atoms with Gasteiger partial charge in [-0.3, -0.25) is 0 Å².